The monoisotopic (exact) mass is 202 g/mol. The van der Waals surface area contributed by atoms with E-state index in [4.69, 9.17) is 0 Å². The van der Waals surface area contributed by atoms with E-state index in [1.165, 1.54) is 0 Å². The van der Waals surface area contributed by atoms with Gasteiger partial charge in [-0.25, -0.2) is 0 Å². The SMILES string of the molecule is CCSC(C)(S)S.[NaH].[NaH]. The molecule has 0 nitrogen and oxygen atoms in total. The fourth-order valence-electron chi connectivity index (χ4n) is 0.273. The van der Waals surface area contributed by atoms with Crippen LogP contribution in [0.5, 0.6) is 0 Å². The summed E-state index contributed by atoms with van der Waals surface area (Å²) >= 11 is 10.0. The van der Waals surface area contributed by atoms with Crippen LogP contribution in [-0.2, 0) is 0 Å². The molecule has 0 aliphatic carbocycles. The van der Waals surface area contributed by atoms with Gasteiger partial charge < -0.3 is 0 Å². The first-order chi connectivity index (χ1) is 3.06. The third-order valence-corrected chi connectivity index (χ3v) is 2.03. The van der Waals surface area contributed by atoms with E-state index >= 15 is 0 Å². The van der Waals surface area contributed by atoms with Gasteiger partial charge in [-0.05, 0) is 12.7 Å². The standard InChI is InChI=1S/C4H10S3.2Na.2H/c1-3-7-4(2,5)6;;;;/h5-6H,3H2,1-2H3;;;;. The molecule has 9 heavy (non-hydrogen) atoms. The van der Waals surface area contributed by atoms with Crippen molar-refractivity contribution < 1.29 is 0 Å². The third kappa shape index (κ3) is 18.2. The minimum atomic E-state index is -0.144. The van der Waals surface area contributed by atoms with Crippen LogP contribution in [0.1, 0.15) is 13.8 Å². The van der Waals surface area contributed by atoms with E-state index in [1.807, 2.05) is 6.92 Å². The average molecular weight is 202 g/mol. The molecule has 0 unspecified atom stereocenters. The van der Waals surface area contributed by atoms with Crippen LogP contribution in [0.15, 0.2) is 0 Å². The molecule has 5 heteroatoms. The van der Waals surface area contributed by atoms with Gasteiger partial charge in [0.2, 0.25) is 0 Å². The Bertz CT molecular complexity index is 52.3. The van der Waals surface area contributed by atoms with E-state index in [-0.39, 0.29) is 62.5 Å². The van der Waals surface area contributed by atoms with Crippen LogP contribution in [-0.4, -0.2) is 68.3 Å². The van der Waals surface area contributed by atoms with Crippen LogP contribution in [0.4, 0.5) is 0 Å². The van der Waals surface area contributed by atoms with E-state index in [0.29, 0.717) is 0 Å². The van der Waals surface area contributed by atoms with E-state index in [9.17, 15) is 0 Å². The molecule has 0 fully saturated rings. The number of rotatable bonds is 2. The molecule has 0 bridgehead atoms. The Hall–Kier alpha value is 3.05. The molecule has 0 atom stereocenters. The van der Waals surface area contributed by atoms with Crippen LogP contribution < -0.4 is 0 Å². The van der Waals surface area contributed by atoms with Crippen molar-refractivity contribution in [3.05, 3.63) is 0 Å². The fourth-order valence-corrected chi connectivity index (χ4v) is 1.59. The summed E-state index contributed by atoms with van der Waals surface area (Å²) in [6.07, 6.45) is 0. The van der Waals surface area contributed by atoms with Crippen LogP contribution in [0.25, 0.3) is 0 Å². The van der Waals surface area contributed by atoms with Crippen molar-refractivity contribution in [1.29, 1.82) is 0 Å². The van der Waals surface area contributed by atoms with Crippen molar-refractivity contribution >= 4 is 96.1 Å². The van der Waals surface area contributed by atoms with Crippen LogP contribution in [0, 0.1) is 0 Å². The molecule has 0 aromatic rings. The maximum absolute atomic E-state index is 4.16. The van der Waals surface area contributed by atoms with Crippen molar-refractivity contribution in [3.63, 3.8) is 0 Å². The second-order valence-electron chi connectivity index (χ2n) is 1.37. The summed E-state index contributed by atoms with van der Waals surface area (Å²) in [7, 11) is 0. The maximum atomic E-state index is 4.16. The molecule has 0 saturated carbocycles. The third-order valence-electron chi connectivity index (χ3n) is 0.418. The van der Waals surface area contributed by atoms with Crippen LogP contribution in [0.3, 0.4) is 0 Å². The first-order valence-electron chi connectivity index (χ1n) is 2.15. The topological polar surface area (TPSA) is 0 Å². The molecule has 0 rings (SSSR count). The summed E-state index contributed by atoms with van der Waals surface area (Å²) < 4.78 is -0.144. The van der Waals surface area contributed by atoms with Gasteiger partial charge in [-0.1, -0.05) is 6.92 Å². The molecule has 0 heterocycles. The van der Waals surface area contributed by atoms with E-state index in [2.05, 4.69) is 32.2 Å². The zero-order valence-electron chi connectivity index (χ0n) is 4.51. The molecule has 0 aromatic carbocycles. The molecule has 0 spiro atoms. The second kappa shape index (κ2) is 9.14. The molecule has 0 amide bonds. The van der Waals surface area contributed by atoms with E-state index in [1.54, 1.807) is 11.8 Å². The Morgan fingerprint density at radius 2 is 1.67 bits per heavy atom. The summed E-state index contributed by atoms with van der Waals surface area (Å²) in [5.41, 5.74) is 0. The van der Waals surface area contributed by atoms with Gasteiger partial charge in [-0.15, -0.1) is 11.8 Å². The van der Waals surface area contributed by atoms with Gasteiger partial charge in [-0.2, -0.15) is 25.3 Å². The van der Waals surface area contributed by atoms with Crippen molar-refractivity contribution in [3.8, 4) is 0 Å². The number of hydrogen-bond donors (Lipinski definition) is 2. The first kappa shape index (κ1) is 18.0. The number of thiol groups is 2. The Morgan fingerprint density at radius 3 is 1.67 bits per heavy atom. The predicted molar refractivity (Wildman–Crippen MR) is 58.8 cm³/mol. The summed E-state index contributed by atoms with van der Waals surface area (Å²) in [6, 6.07) is 0. The fraction of sp³-hybridized carbons (Fsp3) is 1.00. The van der Waals surface area contributed by atoms with Gasteiger partial charge in [0.15, 0.2) is 0 Å². The Morgan fingerprint density at radius 1 is 1.33 bits per heavy atom. The molecule has 0 aliphatic rings. The van der Waals surface area contributed by atoms with Gasteiger partial charge in [0.05, 0.1) is 3.41 Å². The Labute approximate surface area is 117 Å². The molecule has 0 aliphatic heterocycles. The number of thioether (sulfide) groups is 1. The zero-order chi connectivity index (χ0) is 5.91. The van der Waals surface area contributed by atoms with E-state index < -0.39 is 0 Å². The summed E-state index contributed by atoms with van der Waals surface area (Å²) in [5.74, 6) is 1.07. The summed E-state index contributed by atoms with van der Waals surface area (Å²) in [6.45, 7) is 4.06. The van der Waals surface area contributed by atoms with Gasteiger partial charge in [0, 0.05) is 0 Å². The summed E-state index contributed by atoms with van der Waals surface area (Å²) in [4.78, 5) is 0. The molecule has 0 saturated heterocycles. The van der Waals surface area contributed by atoms with Gasteiger partial charge in [-0.3, -0.25) is 0 Å². The van der Waals surface area contributed by atoms with Crippen LogP contribution >= 0.6 is 37.0 Å². The van der Waals surface area contributed by atoms with Crippen molar-refractivity contribution in [2.24, 2.45) is 0 Å². The molecule has 0 aromatic heterocycles. The number of hydrogen-bond acceptors (Lipinski definition) is 3. The predicted octanol–water partition coefficient (Wildman–Crippen LogP) is 0.976. The quantitative estimate of drug-likeness (QED) is 0.382. The van der Waals surface area contributed by atoms with Crippen molar-refractivity contribution in [2.45, 2.75) is 17.3 Å². The minimum absolute atomic E-state index is 0. The van der Waals surface area contributed by atoms with Crippen LogP contribution in [0.2, 0.25) is 0 Å². The van der Waals surface area contributed by atoms with E-state index in [0.717, 1.165) is 5.75 Å². The Balaban J connectivity index is -0.000000180. The first-order valence-corrected chi connectivity index (χ1v) is 4.03. The van der Waals surface area contributed by atoms with Gasteiger partial charge >= 0.3 is 59.1 Å². The zero-order valence-corrected chi connectivity index (χ0v) is 7.12. The van der Waals surface area contributed by atoms with Crippen molar-refractivity contribution in [1.82, 2.24) is 0 Å². The molecule has 0 radical (unpaired) electrons. The molecule has 48 valence electrons. The normalized spacial score (nSPS) is 9.33. The summed E-state index contributed by atoms with van der Waals surface area (Å²) in [5, 5.41) is 0. The second-order valence-corrected chi connectivity index (χ2v) is 5.80. The molecule has 0 N–H and O–H groups in total. The molecular weight excluding hydrogens is 190 g/mol. The molecular formula is C4H12Na2S3. The van der Waals surface area contributed by atoms with Gasteiger partial charge in [0.1, 0.15) is 0 Å². The Kier molecular flexibility index (Phi) is 18.2. The van der Waals surface area contributed by atoms with Crippen molar-refractivity contribution in [2.75, 3.05) is 5.75 Å². The average Bonchev–Trinajstić information content (AvgIpc) is 1.30. The van der Waals surface area contributed by atoms with Gasteiger partial charge in [0.25, 0.3) is 0 Å².